The molecule has 0 radical (unpaired) electrons. The molecule has 3 N–H and O–H groups in total. The van der Waals surface area contributed by atoms with Gasteiger partial charge in [-0.15, -0.1) is 0 Å². The van der Waals surface area contributed by atoms with E-state index >= 15 is 0 Å². The number of pyridine rings is 1. The maximum absolute atomic E-state index is 13.4. The second-order valence-corrected chi connectivity index (χ2v) is 6.12. The topological polar surface area (TPSA) is 85.1 Å². The first-order valence-electron chi connectivity index (χ1n) is 5.50. The molecule has 0 unspecified atom stereocenters. The predicted molar refractivity (Wildman–Crippen MR) is 75.6 cm³/mol. The van der Waals surface area contributed by atoms with Crippen molar-refractivity contribution in [1.82, 2.24) is 4.98 Å². The second-order valence-electron chi connectivity index (χ2n) is 4.08. The van der Waals surface area contributed by atoms with E-state index in [-0.39, 0.29) is 21.4 Å². The quantitative estimate of drug-likeness (QED) is 0.673. The molecular weight excluding hydrogens is 305 g/mol. The fraction of sp³-hybridized carbons (Fsp3) is 0.0833. The van der Waals surface area contributed by atoms with Crippen molar-refractivity contribution in [2.75, 3.05) is 10.5 Å². The molecule has 106 valence electrons. The van der Waals surface area contributed by atoms with E-state index in [0.717, 1.165) is 6.07 Å². The van der Waals surface area contributed by atoms with E-state index in [4.69, 9.17) is 17.3 Å². The van der Waals surface area contributed by atoms with Crippen LogP contribution >= 0.6 is 11.6 Å². The molecule has 0 spiro atoms. The Morgan fingerprint density at radius 2 is 2.05 bits per heavy atom. The summed E-state index contributed by atoms with van der Waals surface area (Å²) >= 11 is 5.85. The third-order valence-electron chi connectivity index (χ3n) is 2.63. The molecule has 0 bridgehead atoms. The van der Waals surface area contributed by atoms with Gasteiger partial charge in [-0.25, -0.2) is 17.8 Å². The summed E-state index contributed by atoms with van der Waals surface area (Å²) in [6.45, 7) is 1.68. The molecule has 0 saturated carbocycles. The molecule has 0 saturated heterocycles. The van der Waals surface area contributed by atoms with Crippen molar-refractivity contribution >= 4 is 33.0 Å². The third kappa shape index (κ3) is 2.83. The Hall–Kier alpha value is -1.86. The molecule has 0 fully saturated rings. The largest absolute Gasteiger partial charge is 0.396 e. The molecule has 5 nitrogen and oxygen atoms in total. The second kappa shape index (κ2) is 5.26. The van der Waals surface area contributed by atoms with Crippen LogP contribution in [0.1, 0.15) is 5.56 Å². The smallest absolute Gasteiger partial charge is 0.262 e. The number of sulfonamides is 1. The van der Waals surface area contributed by atoms with E-state index < -0.39 is 15.8 Å². The Morgan fingerprint density at radius 1 is 1.35 bits per heavy atom. The lowest BCUT2D eigenvalue weighted by Gasteiger charge is -2.11. The van der Waals surface area contributed by atoms with Crippen LogP contribution in [0.4, 0.5) is 15.8 Å². The number of aromatic nitrogens is 1. The highest BCUT2D eigenvalue weighted by atomic mass is 35.5. The summed E-state index contributed by atoms with van der Waals surface area (Å²) < 4.78 is 40.0. The Morgan fingerprint density at radius 3 is 2.65 bits per heavy atom. The van der Waals surface area contributed by atoms with Crippen LogP contribution in [0.3, 0.4) is 0 Å². The molecule has 0 aliphatic heterocycles. The maximum atomic E-state index is 13.4. The van der Waals surface area contributed by atoms with Crippen LogP contribution in [0.15, 0.2) is 35.4 Å². The molecule has 8 heteroatoms. The van der Waals surface area contributed by atoms with E-state index in [9.17, 15) is 12.8 Å². The molecule has 2 rings (SSSR count). The summed E-state index contributed by atoms with van der Waals surface area (Å²) in [5, 5.41) is 0.0180. The van der Waals surface area contributed by atoms with Crippen molar-refractivity contribution < 1.29 is 12.8 Å². The van der Waals surface area contributed by atoms with Crippen molar-refractivity contribution in [2.45, 2.75) is 11.8 Å². The molecule has 0 aliphatic carbocycles. The van der Waals surface area contributed by atoms with Crippen LogP contribution in [-0.4, -0.2) is 13.4 Å². The van der Waals surface area contributed by atoms with E-state index in [1.54, 1.807) is 13.0 Å². The number of aryl methyl sites for hydroxylation is 1. The van der Waals surface area contributed by atoms with Crippen LogP contribution < -0.4 is 10.5 Å². The van der Waals surface area contributed by atoms with Crippen LogP contribution in [0, 0.1) is 12.7 Å². The zero-order valence-corrected chi connectivity index (χ0v) is 12.0. The van der Waals surface area contributed by atoms with Crippen molar-refractivity contribution in [1.29, 1.82) is 0 Å². The van der Waals surface area contributed by atoms with Gasteiger partial charge in [0.25, 0.3) is 10.0 Å². The van der Waals surface area contributed by atoms with Crippen molar-refractivity contribution in [2.24, 2.45) is 0 Å². The highest BCUT2D eigenvalue weighted by molar-refractivity contribution is 7.92. The lowest BCUT2D eigenvalue weighted by molar-refractivity contribution is 0.596. The van der Waals surface area contributed by atoms with E-state index in [1.807, 2.05) is 0 Å². The monoisotopic (exact) mass is 315 g/mol. The number of nitrogen functional groups attached to an aromatic ring is 1. The summed E-state index contributed by atoms with van der Waals surface area (Å²) in [6.07, 6.45) is 1.46. The van der Waals surface area contributed by atoms with Crippen LogP contribution in [0.25, 0.3) is 0 Å². The fourth-order valence-corrected chi connectivity index (χ4v) is 2.97. The maximum Gasteiger partial charge on any atom is 0.262 e. The van der Waals surface area contributed by atoms with Gasteiger partial charge in [-0.3, -0.25) is 4.72 Å². The molecule has 1 aromatic heterocycles. The van der Waals surface area contributed by atoms with Gasteiger partial charge in [0, 0.05) is 6.20 Å². The minimum Gasteiger partial charge on any atom is -0.396 e. The summed E-state index contributed by atoms with van der Waals surface area (Å²) in [6, 6.07) is 4.84. The minimum absolute atomic E-state index is 0.0180. The summed E-state index contributed by atoms with van der Waals surface area (Å²) in [5.41, 5.74) is 5.95. The van der Waals surface area contributed by atoms with E-state index in [2.05, 4.69) is 9.71 Å². The molecule has 0 atom stereocenters. The molecular formula is C12H11ClFN3O2S. The SMILES string of the molecule is Cc1ccnc(Cl)c1NS(=O)(=O)c1ccc(N)c(F)c1. The number of halogens is 2. The fourth-order valence-electron chi connectivity index (χ4n) is 1.52. The molecule has 1 heterocycles. The highest BCUT2D eigenvalue weighted by Gasteiger charge is 2.18. The highest BCUT2D eigenvalue weighted by Crippen LogP contribution is 2.26. The summed E-state index contributed by atoms with van der Waals surface area (Å²) in [7, 11) is -3.97. The zero-order valence-electron chi connectivity index (χ0n) is 10.4. The zero-order chi connectivity index (χ0) is 14.9. The first-order valence-corrected chi connectivity index (χ1v) is 7.36. The molecule has 2 aromatic rings. The molecule has 0 aliphatic rings. The number of hydrogen-bond donors (Lipinski definition) is 2. The van der Waals surface area contributed by atoms with Crippen molar-refractivity contribution in [3.8, 4) is 0 Å². The van der Waals surface area contributed by atoms with Gasteiger partial charge in [-0.2, -0.15) is 0 Å². The van der Waals surface area contributed by atoms with Gasteiger partial charge in [-0.1, -0.05) is 11.6 Å². The minimum atomic E-state index is -3.97. The van der Waals surface area contributed by atoms with Gasteiger partial charge in [0.2, 0.25) is 0 Å². The number of nitrogens with zero attached hydrogens (tertiary/aromatic N) is 1. The number of benzene rings is 1. The molecule has 0 amide bonds. The normalized spacial score (nSPS) is 11.3. The lowest BCUT2D eigenvalue weighted by Crippen LogP contribution is -2.15. The Balaban J connectivity index is 2.43. The van der Waals surface area contributed by atoms with Gasteiger partial charge in [0.15, 0.2) is 5.15 Å². The van der Waals surface area contributed by atoms with Crippen molar-refractivity contribution in [3.63, 3.8) is 0 Å². The molecule has 20 heavy (non-hydrogen) atoms. The van der Waals surface area contributed by atoms with Gasteiger partial charge in [0.1, 0.15) is 5.82 Å². The average molecular weight is 316 g/mol. The predicted octanol–water partition coefficient (Wildman–Crippen LogP) is 2.57. The summed E-state index contributed by atoms with van der Waals surface area (Å²) in [5.74, 6) is -0.804. The first kappa shape index (κ1) is 14.5. The number of rotatable bonds is 3. The standard InChI is InChI=1S/C12H11ClFN3O2S/c1-7-4-5-16-12(13)11(7)17-20(18,19)8-2-3-10(15)9(14)6-8/h2-6,17H,15H2,1H3. The van der Waals surface area contributed by atoms with Gasteiger partial charge in [-0.05, 0) is 36.8 Å². The Kier molecular flexibility index (Phi) is 3.82. The van der Waals surface area contributed by atoms with Gasteiger partial charge in [0.05, 0.1) is 16.3 Å². The van der Waals surface area contributed by atoms with Crippen LogP contribution in [-0.2, 0) is 10.0 Å². The van der Waals surface area contributed by atoms with Gasteiger partial charge < -0.3 is 5.73 Å². The summed E-state index contributed by atoms with van der Waals surface area (Å²) in [4.78, 5) is 3.55. The lowest BCUT2D eigenvalue weighted by atomic mass is 10.3. The third-order valence-corrected chi connectivity index (χ3v) is 4.27. The number of nitrogens with two attached hydrogens (primary N) is 1. The van der Waals surface area contributed by atoms with E-state index in [0.29, 0.717) is 5.56 Å². The van der Waals surface area contributed by atoms with E-state index in [1.165, 1.54) is 18.3 Å². The Bertz CT molecular complexity index is 745. The van der Waals surface area contributed by atoms with Crippen LogP contribution in [0.2, 0.25) is 5.15 Å². The van der Waals surface area contributed by atoms with Crippen molar-refractivity contribution in [3.05, 3.63) is 47.0 Å². The number of hydrogen-bond acceptors (Lipinski definition) is 4. The first-order chi connectivity index (χ1) is 9.31. The Labute approximate surface area is 120 Å². The number of anilines is 2. The number of nitrogens with one attached hydrogen (secondary N) is 1. The molecule has 1 aromatic carbocycles. The average Bonchev–Trinajstić information content (AvgIpc) is 2.37. The van der Waals surface area contributed by atoms with Crippen LogP contribution in [0.5, 0.6) is 0 Å². The van der Waals surface area contributed by atoms with Gasteiger partial charge >= 0.3 is 0 Å².